The average Bonchev–Trinajstić information content (AvgIpc) is 3.65. The summed E-state index contributed by atoms with van der Waals surface area (Å²) in [6, 6.07) is 15.3. The van der Waals surface area contributed by atoms with E-state index in [9.17, 15) is 23.6 Å². The van der Waals surface area contributed by atoms with Gasteiger partial charge in [-0.25, -0.2) is 23.6 Å². The van der Waals surface area contributed by atoms with Gasteiger partial charge in [-0.1, -0.05) is 12.1 Å². The number of para-hydroxylation sites is 1. The molecule has 1 unspecified atom stereocenters. The summed E-state index contributed by atoms with van der Waals surface area (Å²) in [7, 11) is 4.29. The average molecular weight is 702 g/mol. The van der Waals surface area contributed by atoms with Crippen LogP contribution >= 0.6 is 0 Å². The van der Waals surface area contributed by atoms with Crippen molar-refractivity contribution in [2.45, 2.75) is 31.8 Å². The van der Waals surface area contributed by atoms with Crippen LogP contribution in [0.5, 0.6) is 11.5 Å². The molecule has 0 bridgehead atoms. The number of fused-ring (bicyclic) bond motifs is 1. The molecule has 0 aliphatic carbocycles. The van der Waals surface area contributed by atoms with Crippen LogP contribution in [0, 0.1) is 5.82 Å². The Bertz CT molecular complexity index is 1980. The third kappa shape index (κ3) is 6.96. The van der Waals surface area contributed by atoms with Gasteiger partial charge in [-0.2, -0.15) is 0 Å². The molecule has 2 aliphatic heterocycles. The number of piperazine rings is 1. The van der Waals surface area contributed by atoms with Crippen LogP contribution in [0.15, 0.2) is 71.5 Å². The van der Waals surface area contributed by atoms with E-state index in [2.05, 4.69) is 5.32 Å². The van der Waals surface area contributed by atoms with Gasteiger partial charge in [-0.3, -0.25) is 19.4 Å². The van der Waals surface area contributed by atoms with E-state index in [0.29, 0.717) is 66.3 Å². The maximum atomic E-state index is 14.3. The monoisotopic (exact) mass is 701 g/mol. The van der Waals surface area contributed by atoms with Gasteiger partial charge in [0, 0.05) is 31.4 Å². The van der Waals surface area contributed by atoms with Gasteiger partial charge in [0.15, 0.2) is 5.82 Å². The highest BCUT2D eigenvalue weighted by molar-refractivity contribution is 6.03. The summed E-state index contributed by atoms with van der Waals surface area (Å²) >= 11 is 0. The number of likely N-dealkylation sites (tertiary alicyclic amines) is 1. The summed E-state index contributed by atoms with van der Waals surface area (Å²) in [5, 5.41) is 5.04. The second-order valence-corrected chi connectivity index (χ2v) is 12.2. The number of nitrogens with one attached hydrogen (secondary N) is 1. The fourth-order valence-electron chi connectivity index (χ4n) is 6.68. The molecule has 14 nitrogen and oxygen atoms in total. The summed E-state index contributed by atoms with van der Waals surface area (Å²) in [4.78, 5) is 64.0. The zero-order valence-electron chi connectivity index (χ0n) is 28.9. The predicted molar refractivity (Wildman–Crippen MR) is 189 cm³/mol. The molecule has 2 atom stereocenters. The summed E-state index contributed by atoms with van der Waals surface area (Å²) in [5.74, 6) is 0.474. The molecule has 0 radical (unpaired) electrons. The molecule has 1 N–H and O–H groups in total. The molecule has 3 aromatic carbocycles. The first-order valence-electron chi connectivity index (χ1n) is 16.6. The molecule has 4 amide bonds. The fourth-order valence-corrected chi connectivity index (χ4v) is 6.68. The van der Waals surface area contributed by atoms with Gasteiger partial charge in [0.1, 0.15) is 23.4 Å². The number of aromatic nitrogens is 2. The van der Waals surface area contributed by atoms with Crippen molar-refractivity contribution in [3.63, 3.8) is 0 Å². The van der Waals surface area contributed by atoms with E-state index in [-0.39, 0.29) is 30.4 Å². The minimum absolute atomic E-state index is 0.162. The Morgan fingerprint density at radius 2 is 1.67 bits per heavy atom. The largest absolute Gasteiger partial charge is 0.497 e. The van der Waals surface area contributed by atoms with Gasteiger partial charge >= 0.3 is 12.1 Å². The Hall–Kier alpha value is -5.86. The van der Waals surface area contributed by atoms with E-state index < -0.39 is 30.0 Å². The van der Waals surface area contributed by atoms with Gasteiger partial charge in [0.2, 0.25) is 5.91 Å². The van der Waals surface area contributed by atoms with Crippen molar-refractivity contribution in [3.05, 3.63) is 88.7 Å². The molecule has 15 heteroatoms. The molecule has 2 fully saturated rings. The lowest BCUT2D eigenvalue weighted by Gasteiger charge is -2.40. The SMILES string of the molecule is COC(=O)N1CCC[C@H]1C(=O)N1CCN(n2c(C(C)N(C(=O)Nc3ccc(F)cc3)c3ccc(OC)cc3OC)nc3ccccc3c2=O)CC1. The van der Waals surface area contributed by atoms with E-state index >= 15 is 0 Å². The summed E-state index contributed by atoms with van der Waals surface area (Å²) in [6.45, 7) is 3.35. The van der Waals surface area contributed by atoms with Crippen LogP contribution in [0.4, 0.5) is 25.4 Å². The van der Waals surface area contributed by atoms with Crippen LogP contribution in [-0.2, 0) is 9.53 Å². The zero-order chi connectivity index (χ0) is 36.2. The number of carbonyl (C=O) groups is 3. The minimum Gasteiger partial charge on any atom is -0.497 e. The molecule has 0 saturated carbocycles. The van der Waals surface area contributed by atoms with Crippen LogP contribution in [0.2, 0.25) is 0 Å². The summed E-state index contributed by atoms with van der Waals surface area (Å²) < 4.78 is 31.2. The van der Waals surface area contributed by atoms with E-state index in [1.54, 1.807) is 54.3 Å². The number of amides is 4. The topological polar surface area (TPSA) is 139 Å². The number of halogens is 1. The van der Waals surface area contributed by atoms with E-state index in [1.807, 2.05) is 5.01 Å². The standard InChI is InChI=1S/C36H40FN7O7/c1-23(43(29-16-15-26(49-2)22-31(29)50-3)35(47)38-25-13-11-24(37)12-14-25)32-39-28-9-6-5-8-27(28)33(45)44(32)41-20-18-40(19-21-41)34(46)30-10-7-17-42(30)36(48)51-4/h5-6,8-9,11-16,22-23,30H,7,10,17-21H2,1-4H3,(H,38,47)/t23?,30-/m0/s1. The number of nitrogens with zero attached hydrogens (tertiary/aromatic N) is 6. The number of urea groups is 1. The molecule has 3 heterocycles. The molecule has 268 valence electrons. The van der Waals surface area contributed by atoms with E-state index in [0.717, 1.165) is 0 Å². The number of carbonyl (C=O) groups excluding carboxylic acids is 3. The lowest BCUT2D eigenvalue weighted by atomic mass is 10.1. The maximum Gasteiger partial charge on any atom is 0.410 e. The van der Waals surface area contributed by atoms with Gasteiger partial charge in [0.05, 0.1) is 57.1 Å². The van der Waals surface area contributed by atoms with Crippen LogP contribution in [-0.4, -0.2) is 97.6 Å². The third-order valence-corrected chi connectivity index (χ3v) is 9.30. The Labute approximate surface area is 293 Å². The van der Waals surface area contributed by atoms with Crippen LogP contribution in [0.3, 0.4) is 0 Å². The number of rotatable bonds is 8. The number of benzene rings is 3. The third-order valence-electron chi connectivity index (χ3n) is 9.30. The smallest absolute Gasteiger partial charge is 0.410 e. The summed E-state index contributed by atoms with van der Waals surface area (Å²) in [6.07, 6.45) is 0.724. The van der Waals surface area contributed by atoms with Crippen molar-refractivity contribution in [2.24, 2.45) is 0 Å². The first-order valence-corrected chi connectivity index (χ1v) is 16.6. The predicted octanol–water partition coefficient (Wildman–Crippen LogP) is 4.36. The molecule has 0 spiro atoms. The molecule has 1 aromatic heterocycles. The number of hydrogen-bond donors (Lipinski definition) is 1. The minimum atomic E-state index is -0.878. The zero-order valence-corrected chi connectivity index (χ0v) is 28.9. The number of methoxy groups -OCH3 is 3. The summed E-state index contributed by atoms with van der Waals surface area (Å²) in [5.41, 5.74) is 0.819. The van der Waals surface area contributed by atoms with Gasteiger partial charge in [0.25, 0.3) is 5.56 Å². The van der Waals surface area contributed by atoms with Crippen LogP contribution < -0.4 is 30.3 Å². The highest BCUT2D eigenvalue weighted by Crippen LogP contribution is 2.37. The van der Waals surface area contributed by atoms with Crippen molar-refractivity contribution in [1.29, 1.82) is 0 Å². The fraction of sp³-hybridized carbons (Fsp3) is 0.361. The Morgan fingerprint density at radius 1 is 0.941 bits per heavy atom. The van der Waals surface area contributed by atoms with Crippen molar-refractivity contribution in [2.75, 3.05) is 69.3 Å². The van der Waals surface area contributed by atoms with E-state index in [1.165, 1.54) is 60.1 Å². The maximum absolute atomic E-state index is 14.3. The number of ether oxygens (including phenoxy) is 3. The molecule has 51 heavy (non-hydrogen) atoms. The Kier molecular flexibility index (Phi) is 10.3. The normalized spacial score (nSPS) is 16.5. The number of anilines is 2. The van der Waals surface area contributed by atoms with Crippen molar-refractivity contribution < 1.29 is 33.0 Å². The van der Waals surface area contributed by atoms with Gasteiger partial charge in [-0.05, 0) is 68.3 Å². The molecule has 6 rings (SSSR count). The van der Waals surface area contributed by atoms with E-state index in [4.69, 9.17) is 19.2 Å². The van der Waals surface area contributed by atoms with Crippen LogP contribution in [0.25, 0.3) is 10.9 Å². The van der Waals surface area contributed by atoms with Crippen LogP contribution in [0.1, 0.15) is 31.6 Å². The molecule has 2 saturated heterocycles. The molecular weight excluding hydrogens is 661 g/mol. The molecular formula is C36H40FN7O7. The molecule has 4 aromatic rings. The second kappa shape index (κ2) is 14.9. The Balaban J connectivity index is 1.38. The first-order chi connectivity index (χ1) is 24.6. The quantitative estimate of drug-likeness (QED) is 0.284. The van der Waals surface area contributed by atoms with Gasteiger partial charge in [-0.15, -0.1) is 0 Å². The van der Waals surface area contributed by atoms with Crippen molar-refractivity contribution in [1.82, 2.24) is 19.5 Å². The Morgan fingerprint density at radius 3 is 2.35 bits per heavy atom. The molecule has 2 aliphatic rings. The second-order valence-electron chi connectivity index (χ2n) is 12.2. The highest BCUT2D eigenvalue weighted by atomic mass is 19.1. The first kappa shape index (κ1) is 35.0. The van der Waals surface area contributed by atoms with Crippen molar-refractivity contribution >= 4 is 40.3 Å². The number of hydrogen-bond acceptors (Lipinski definition) is 9. The lowest BCUT2D eigenvalue weighted by Crippen LogP contribution is -2.59. The lowest BCUT2D eigenvalue weighted by molar-refractivity contribution is -0.136. The van der Waals surface area contributed by atoms with Crippen molar-refractivity contribution in [3.8, 4) is 11.5 Å². The van der Waals surface area contributed by atoms with Gasteiger partial charge < -0.3 is 29.4 Å². The highest BCUT2D eigenvalue weighted by Gasteiger charge is 2.39.